The van der Waals surface area contributed by atoms with Gasteiger partial charge in [0.05, 0.1) is 0 Å². The van der Waals surface area contributed by atoms with E-state index in [1.807, 2.05) is 25.8 Å². The van der Waals surface area contributed by atoms with Gasteiger partial charge in [0.15, 0.2) is 0 Å². The Morgan fingerprint density at radius 1 is 1.18 bits per heavy atom. The van der Waals surface area contributed by atoms with E-state index in [9.17, 15) is 4.79 Å². The number of carbonyl (C=O) groups is 1. The Morgan fingerprint density at radius 3 is 2.06 bits per heavy atom. The van der Waals surface area contributed by atoms with Crippen molar-refractivity contribution in [1.82, 2.24) is 10.4 Å². The molecule has 0 aromatic heterocycles. The summed E-state index contributed by atoms with van der Waals surface area (Å²) in [5.74, 6) is 0. The van der Waals surface area contributed by atoms with Crippen molar-refractivity contribution in [2.45, 2.75) is 72.4 Å². The Balaban J connectivity index is 4.39. The highest BCUT2D eigenvalue weighted by Crippen LogP contribution is 2.13. The van der Waals surface area contributed by atoms with E-state index in [1.54, 1.807) is 0 Å². The topological polar surface area (TPSA) is 41.6 Å². The lowest BCUT2D eigenvalue weighted by Crippen LogP contribution is -2.54. The molecule has 0 fully saturated rings. The average molecular weight is 244 g/mol. The van der Waals surface area contributed by atoms with E-state index >= 15 is 0 Å². The first kappa shape index (κ1) is 16.2. The Morgan fingerprint density at radius 2 is 1.71 bits per heavy atom. The van der Waals surface area contributed by atoms with E-state index in [4.69, 9.17) is 4.74 Å². The Bertz CT molecular complexity index is 239. The SMILES string of the molecule is CCCCN(NC(=O)OC(C)(C)C)C(C)(C)C. The molecule has 0 saturated heterocycles. The molecule has 4 nitrogen and oxygen atoms in total. The zero-order valence-electron chi connectivity index (χ0n) is 12.4. The Hall–Kier alpha value is -0.770. The lowest BCUT2D eigenvalue weighted by atomic mass is 10.1. The predicted octanol–water partition coefficient (Wildman–Crippen LogP) is 3.33. The van der Waals surface area contributed by atoms with Crippen molar-refractivity contribution in [3.63, 3.8) is 0 Å². The predicted molar refractivity (Wildman–Crippen MR) is 70.7 cm³/mol. The summed E-state index contributed by atoms with van der Waals surface area (Å²) in [5, 5.41) is 1.94. The number of hydrogen-bond donors (Lipinski definition) is 1. The first-order valence-electron chi connectivity index (χ1n) is 6.33. The summed E-state index contributed by atoms with van der Waals surface area (Å²) < 4.78 is 5.25. The fourth-order valence-corrected chi connectivity index (χ4v) is 1.29. The summed E-state index contributed by atoms with van der Waals surface area (Å²) in [4.78, 5) is 11.7. The van der Waals surface area contributed by atoms with Crippen LogP contribution in [-0.4, -0.2) is 28.8 Å². The normalized spacial score (nSPS) is 12.7. The van der Waals surface area contributed by atoms with Crippen LogP contribution in [0.25, 0.3) is 0 Å². The van der Waals surface area contributed by atoms with Gasteiger partial charge in [-0.1, -0.05) is 13.3 Å². The van der Waals surface area contributed by atoms with E-state index in [1.165, 1.54) is 0 Å². The second-order valence-corrected chi connectivity index (χ2v) is 6.29. The molecule has 0 unspecified atom stereocenters. The molecule has 0 radical (unpaired) electrons. The first-order valence-corrected chi connectivity index (χ1v) is 6.33. The third-order valence-electron chi connectivity index (χ3n) is 2.17. The van der Waals surface area contributed by atoms with Crippen molar-refractivity contribution in [3.05, 3.63) is 0 Å². The molecule has 0 aliphatic heterocycles. The number of hydrazine groups is 1. The molecule has 0 aromatic rings. The number of unbranched alkanes of at least 4 members (excludes halogenated alkanes) is 1. The third-order valence-corrected chi connectivity index (χ3v) is 2.17. The van der Waals surface area contributed by atoms with Gasteiger partial charge in [-0.15, -0.1) is 0 Å². The van der Waals surface area contributed by atoms with Crippen molar-refractivity contribution in [2.75, 3.05) is 6.54 Å². The van der Waals surface area contributed by atoms with Crippen LogP contribution in [-0.2, 0) is 4.74 Å². The summed E-state index contributed by atoms with van der Waals surface area (Å²) in [6.07, 6.45) is 1.76. The molecule has 1 N–H and O–H groups in total. The summed E-state index contributed by atoms with van der Waals surface area (Å²) in [5.41, 5.74) is 2.26. The van der Waals surface area contributed by atoms with Crippen LogP contribution in [0.3, 0.4) is 0 Å². The van der Waals surface area contributed by atoms with Crippen LogP contribution in [0.15, 0.2) is 0 Å². The van der Waals surface area contributed by atoms with Gasteiger partial charge in [0, 0.05) is 12.1 Å². The van der Waals surface area contributed by atoms with Crippen LogP contribution in [0.5, 0.6) is 0 Å². The van der Waals surface area contributed by atoms with E-state index < -0.39 is 5.60 Å². The molecular formula is C13H28N2O2. The van der Waals surface area contributed by atoms with Gasteiger partial charge in [0.1, 0.15) is 5.60 Å². The van der Waals surface area contributed by atoms with Crippen molar-refractivity contribution in [1.29, 1.82) is 0 Å². The first-order chi connectivity index (χ1) is 7.56. The molecule has 4 heteroatoms. The van der Waals surface area contributed by atoms with Gasteiger partial charge in [0.25, 0.3) is 0 Å². The number of ether oxygens (including phenoxy) is 1. The van der Waals surface area contributed by atoms with Crippen molar-refractivity contribution in [3.8, 4) is 0 Å². The molecule has 0 rings (SSSR count). The molecule has 17 heavy (non-hydrogen) atoms. The standard InChI is InChI=1S/C13H28N2O2/c1-8-9-10-15(12(2,3)4)14-11(16)17-13(5,6)7/h8-10H2,1-7H3,(H,14,16). The molecule has 0 bridgehead atoms. The molecular weight excluding hydrogens is 216 g/mol. The quantitative estimate of drug-likeness (QED) is 0.771. The fraction of sp³-hybridized carbons (Fsp3) is 0.923. The molecule has 0 heterocycles. The Kier molecular flexibility index (Phi) is 5.96. The molecule has 0 aliphatic carbocycles. The molecule has 0 spiro atoms. The van der Waals surface area contributed by atoms with Crippen LogP contribution < -0.4 is 5.43 Å². The van der Waals surface area contributed by atoms with Gasteiger partial charge < -0.3 is 4.74 Å². The smallest absolute Gasteiger partial charge is 0.422 e. The Labute approximate surface area is 106 Å². The van der Waals surface area contributed by atoms with Crippen LogP contribution in [0, 0.1) is 0 Å². The minimum atomic E-state index is -0.460. The average Bonchev–Trinajstić information content (AvgIpc) is 2.07. The van der Waals surface area contributed by atoms with Gasteiger partial charge >= 0.3 is 6.09 Å². The third kappa shape index (κ3) is 8.02. The maximum absolute atomic E-state index is 11.7. The van der Waals surface area contributed by atoms with Gasteiger partial charge in [-0.25, -0.2) is 9.80 Å². The maximum atomic E-state index is 11.7. The number of rotatable bonds is 4. The minimum absolute atomic E-state index is 0.105. The number of hydrogen-bond acceptors (Lipinski definition) is 3. The van der Waals surface area contributed by atoms with Gasteiger partial charge in [-0.3, -0.25) is 5.43 Å². The van der Waals surface area contributed by atoms with Crippen LogP contribution >= 0.6 is 0 Å². The molecule has 1 amide bonds. The number of nitrogens with one attached hydrogen (secondary N) is 1. The monoisotopic (exact) mass is 244 g/mol. The molecule has 0 aromatic carbocycles. The maximum Gasteiger partial charge on any atom is 0.422 e. The highest BCUT2D eigenvalue weighted by atomic mass is 16.6. The number of carbonyl (C=O) groups excluding carboxylic acids is 1. The number of amides is 1. The highest BCUT2D eigenvalue weighted by Gasteiger charge is 2.25. The van der Waals surface area contributed by atoms with Gasteiger partial charge in [0.2, 0.25) is 0 Å². The van der Waals surface area contributed by atoms with Crippen LogP contribution in [0.2, 0.25) is 0 Å². The van der Waals surface area contributed by atoms with E-state index in [2.05, 4.69) is 33.1 Å². The van der Waals surface area contributed by atoms with Gasteiger partial charge in [-0.2, -0.15) is 0 Å². The summed E-state index contributed by atoms with van der Waals surface area (Å²) >= 11 is 0. The van der Waals surface area contributed by atoms with E-state index in [-0.39, 0.29) is 11.6 Å². The zero-order chi connectivity index (χ0) is 13.7. The second kappa shape index (κ2) is 6.24. The molecule has 0 aliphatic rings. The van der Waals surface area contributed by atoms with Crippen LogP contribution in [0.1, 0.15) is 61.3 Å². The number of nitrogens with zero attached hydrogens (tertiary/aromatic N) is 1. The van der Waals surface area contributed by atoms with Crippen molar-refractivity contribution >= 4 is 6.09 Å². The summed E-state index contributed by atoms with van der Waals surface area (Å²) in [6.45, 7) is 14.8. The van der Waals surface area contributed by atoms with Crippen molar-refractivity contribution in [2.24, 2.45) is 0 Å². The zero-order valence-corrected chi connectivity index (χ0v) is 12.4. The minimum Gasteiger partial charge on any atom is -0.443 e. The molecule has 102 valence electrons. The largest absolute Gasteiger partial charge is 0.443 e. The fourth-order valence-electron chi connectivity index (χ4n) is 1.29. The van der Waals surface area contributed by atoms with Crippen molar-refractivity contribution < 1.29 is 9.53 Å². The molecule has 0 atom stereocenters. The summed E-state index contributed by atoms with van der Waals surface area (Å²) in [7, 11) is 0. The lowest BCUT2D eigenvalue weighted by Gasteiger charge is -2.36. The second-order valence-electron chi connectivity index (χ2n) is 6.29. The van der Waals surface area contributed by atoms with Crippen LogP contribution in [0.4, 0.5) is 4.79 Å². The van der Waals surface area contributed by atoms with Gasteiger partial charge in [-0.05, 0) is 48.0 Å². The van der Waals surface area contributed by atoms with E-state index in [0.717, 1.165) is 19.4 Å². The van der Waals surface area contributed by atoms with E-state index in [0.29, 0.717) is 0 Å². The summed E-state index contributed by atoms with van der Waals surface area (Å²) in [6, 6.07) is 0. The molecule has 0 saturated carbocycles. The highest BCUT2D eigenvalue weighted by molar-refractivity contribution is 5.67. The lowest BCUT2D eigenvalue weighted by molar-refractivity contribution is 0.0113.